The van der Waals surface area contributed by atoms with Crippen LogP contribution < -0.4 is 0 Å². The van der Waals surface area contributed by atoms with E-state index in [-0.39, 0.29) is 0 Å². The molecule has 0 unspecified atom stereocenters. The first kappa shape index (κ1) is 6.73. The van der Waals surface area contributed by atoms with Crippen LogP contribution >= 0.6 is 0 Å². The van der Waals surface area contributed by atoms with Crippen LogP contribution in [0.4, 0.5) is 0 Å². The van der Waals surface area contributed by atoms with Gasteiger partial charge in [-0.15, -0.1) is 0 Å². The summed E-state index contributed by atoms with van der Waals surface area (Å²) >= 11 is 0. The van der Waals surface area contributed by atoms with E-state index in [4.69, 9.17) is 4.65 Å². The molecule has 0 atom stereocenters. The van der Waals surface area contributed by atoms with Gasteiger partial charge in [-0.2, -0.15) is 0 Å². The Morgan fingerprint density at radius 2 is 2.57 bits per heavy atom. The van der Waals surface area contributed by atoms with Crippen molar-refractivity contribution in [2.75, 3.05) is 6.61 Å². The fraction of sp³-hybridized carbons (Fsp3) is 0.333. The quantitative estimate of drug-likeness (QED) is 0.245. The maximum atomic E-state index is 4.83. The summed E-state index contributed by atoms with van der Waals surface area (Å²) in [6.45, 7) is 5.91. The minimum absolute atomic E-state index is 0.602. The van der Waals surface area contributed by atoms with Crippen molar-refractivity contribution in [3.63, 3.8) is 0 Å². The predicted octanol–water partition coefficient (Wildman–Crippen LogP) is -1.02. The summed E-state index contributed by atoms with van der Waals surface area (Å²) in [6, 6.07) is 0. The van der Waals surface area contributed by atoms with E-state index in [0.29, 0.717) is 6.61 Å². The van der Waals surface area contributed by atoms with Gasteiger partial charge < -0.3 is 0 Å². The van der Waals surface area contributed by atoms with Crippen LogP contribution in [-0.4, -0.2) is 28.0 Å². The summed E-state index contributed by atoms with van der Waals surface area (Å²) in [5.74, 6) is 0. The fourth-order valence-corrected chi connectivity index (χ4v) is 0.220. The van der Waals surface area contributed by atoms with Gasteiger partial charge in [0.05, 0.1) is 0 Å². The topological polar surface area (TPSA) is 9.23 Å². The van der Waals surface area contributed by atoms with E-state index in [1.807, 2.05) is 14.4 Å². The van der Waals surface area contributed by atoms with Crippen LogP contribution in [0.5, 0.6) is 0 Å². The Labute approximate surface area is 46.3 Å². The van der Waals surface area contributed by atoms with Crippen molar-refractivity contribution in [1.82, 2.24) is 0 Å². The third-order valence-corrected chi connectivity index (χ3v) is 0.446. The van der Waals surface area contributed by atoms with Crippen LogP contribution in [0.3, 0.4) is 0 Å². The molecule has 0 spiro atoms. The van der Waals surface area contributed by atoms with Crippen LogP contribution in [0.15, 0.2) is 12.7 Å². The van der Waals surface area contributed by atoms with E-state index < -0.39 is 0 Å². The van der Waals surface area contributed by atoms with Crippen LogP contribution in [0, 0.1) is 0 Å². The summed E-state index contributed by atoms with van der Waals surface area (Å²) in [5.41, 5.74) is 0. The van der Waals surface area contributed by atoms with Crippen molar-refractivity contribution < 1.29 is 4.65 Å². The zero-order valence-corrected chi connectivity index (χ0v) is 4.55. The van der Waals surface area contributed by atoms with Crippen molar-refractivity contribution in [3.05, 3.63) is 12.7 Å². The molecule has 0 saturated carbocycles. The van der Waals surface area contributed by atoms with E-state index in [9.17, 15) is 0 Å². The summed E-state index contributed by atoms with van der Waals surface area (Å²) in [7, 11) is 3.55. The van der Waals surface area contributed by atoms with Crippen molar-refractivity contribution >= 4 is 21.4 Å². The first-order valence-corrected chi connectivity index (χ1v) is 2.25. The maximum absolute atomic E-state index is 4.83. The molecule has 0 aliphatic carbocycles. The van der Waals surface area contributed by atoms with Gasteiger partial charge in [-0.3, -0.25) is 0 Å². The molecule has 0 N–H and O–H groups in total. The molecule has 0 saturated heterocycles. The first-order valence-electron chi connectivity index (χ1n) is 2.25. The van der Waals surface area contributed by atoms with Gasteiger partial charge in [-0.05, 0) is 0 Å². The normalized spacial score (nSPS) is 6.86. The monoisotopic (exact) mass is 92.1 g/mol. The van der Waals surface area contributed by atoms with E-state index in [2.05, 4.69) is 6.58 Å². The Morgan fingerprint density at radius 3 is 3.00 bits per heavy atom. The number of rotatable bonds is 3. The third kappa shape index (κ3) is 5.73. The predicted molar refractivity (Wildman–Crippen MR) is 36.2 cm³/mol. The summed E-state index contributed by atoms with van der Waals surface area (Å²) in [5, 5.41) is 0. The average Bonchev–Trinajstić information content (AvgIpc) is 1.69. The Morgan fingerprint density at radius 1 is 1.86 bits per heavy atom. The van der Waals surface area contributed by atoms with Gasteiger partial charge in [0.2, 0.25) is 0 Å². The Hall–Kier alpha value is -0.265. The molecule has 0 aromatic rings. The van der Waals surface area contributed by atoms with Gasteiger partial charge in [0.25, 0.3) is 0 Å². The molecule has 0 radical (unpaired) electrons. The van der Waals surface area contributed by atoms with Crippen LogP contribution in [0.2, 0.25) is 0 Å². The summed E-state index contributed by atoms with van der Waals surface area (Å²) in [6.07, 6.45) is 1.71. The summed E-state index contributed by atoms with van der Waals surface area (Å²) < 4.78 is 4.83. The van der Waals surface area contributed by atoms with Crippen molar-refractivity contribution in [3.8, 4) is 0 Å². The van der Waals surface area contributed by atoms with Gasteiger partial charge in [-0.25, -0.2) is 0 Å². The third-order valence-electron chi connectivity index (χ3n) is 0.446. The van der Waals surface area contributed by atoms with Crippen LogP contribution in [0.1, 0.15) is 0 Å². The molecule has 0 aliphatic rings. The van der Waals surface area contributed by atoms with Crippen molar-refractivity contribution in [2.45, 2.75) is 0 Å². The van der Waals surface area contributed by atoms with Crippen molar-refractivity contribution in [2.24, 2.45) is 0 Å². The van der Waals surface area contributed by atoms with Gasteiger partial charge in [-0.1, -0.05) is 0 Å². The molecule has 0 bridgehead atoms. The molecule has 0 fully saturated rings. The molecule has 0 rings (SSSR count). The Bertz CT molecular complexity index is 70.6. The van der Waals surface area contributed by atoms with Gasteiger partial charge in [0, 0.05) is 0 Å². The van der Waals surface area contributed by atoms with Gasteiger partial charge in [0.15, 0.2) is 0 Å². The molecule has 0 heterocycles. The van der Waals surface area contributed by atoms with Gasteiger partial charge in [0.1, 0.15) is 0 Å². The molecular formula is C3H7B3O. The van der Waals surface area contributed by atoms with E-state index in [0.717, 1.165) is 0 Å². The average molecular weight is 91.5 g/mol. The van der Waals surface area contributed by atoms with E-state index >= 15 is 0 Å². The second-order valence-corrected chi connectivity index (χ2v) is 1.09. The van der Waals surface area contributed by atoms with E-state index in [1.54, 1.807) is 13.1 Å². The van der Waals surface area contributed by atoms with Gasteiger partial charge >= 0.3 is 45.4 Å². The summed E-state index contributed by atoms with van der Waals surface area (Å²) in [4.78, 5) is 0. The van der Waals surface area contributed by atoms with E-state index in [1.165, 1.54) is 0 Å². The Balaban J connectivity index is 2.82. The second-order valence-electron chi connectivity index (χ2n) is 1.09. The number of hydrogen-bond acceptors (Lipinski definition) is 1. The molecule has 0 aromatic carbocycles. The standard InChI is InChI=1S/C3H7B3O/c1-2-3-7-6-5-4/h2H,1,3-4H2. The molecule has 4 heteroatoms. The van der Waals surface area contributed by atoms with Crippen LogP contribution in [-0.2, 0) is 4.65 Å². The molecule has 0 amide bonds. The Kier molecular flexibility index (Phi) is 5.52. The zero-order valence-electron chi connectivity index (χ0n) is 4.55. The molecular weight excluding hydrogens is 84.5 g/mol. The second kappa shape index (κ2) is 5.73. The minimum atomic E-state index is 0.602. The van der Waals surface area contributed by atoms with Crippen molar-refractivity contribution in [1.29, 1.82) is 0 Å². The van der Waals surface area contributed by atoms with Crippen LogP contribution in [0.25, 0.3) is 0 Å². The molecule has 34 valence electrons. The number of hydrogen-bond donors (Lipinski definition) is 0. The SMILES string of the molecule is BB=BOCC=C. The fourth-order valence-electron chi connectivity index (χ4n) is 0.220. The molecule has 0 aliphatic heterocycles. The molecule has 1 nitrogen and oxygen atoms in total. The molecule has 7 heavy (non-hydrogen) atoms. The molecule has 0 aromatic heterocycles. The first-order chi connectivity index (χ1) is 3.41. The zero-order chi connectivity index (χ0) is 5.54.